The fourth-order valence-electron chi connectivity index (χ4n) is 3.18. The maximum atomic E-state index is 6.27. The molecule has 21 heavy (non-hydrogen) atoms. The van der Waals surface area contributed by atoms with E-state index in [0.717, 1.165) is 19.1 Å². The molecule has 0 saturated carbocycles. The van der Waals surface area contributed by atoms with Crippen molar-refractivity contribution in [3.8, 4) is 0 Å². The summed E-state index contributed by atoms with van der Waals surface area (Å²) in [4.78, 5) is 0. The molecule has 1 heterocycles. The Morgan fingerprint density at radius 2 is 1.57 bits per heavy atom. The third kappa shape index (κ3) is 5.44. The van der Waals surface area contributed by atoms with Gasteiger partial charge in [0.15, 0.2) is 0 Å². The highest BCUT2D eigenvalue weighted by Gasteiger charge is 2.45. The Morgan fingerprint density at radius 1 is 1.00 bits per heavy atom. The van der Waals surface area contributed by atoms with Crippen LogP contribution in [-0.4, -0.2) is 49.3 Å². The van der Waals surface area contributed by atoms with Gasteiger partial charge in [0.2, 0.25) is 0 Å². The molecule has 6 heteroatoms. The van der Waals surface area contributed by atoms with Gasteiger partial charge in [0.05, 0.1) is 14.0 Å². The molecule has 1 saturated heterocycles. The van der Waals surface area contributed by atoms with Gasteiger partial charge in [0, 0.05) is 32.5 Å². The summed E-state index contributed by atoms with van der Waals surface area (Å²) in [7, 11) is -3.43. The second-order valence-electron chi connectivity index (χ2n) is 6.01. The molecule has 0 spiro atoms. The van der Waals surface area contributed by atoms with E-state index < -0.39 is 17.6 Å². The molecule has 1 aliphatic heterocycles. The van der Waals surface area contributed by atoms with Gasteiger partial charge in [-0.1, -0.05) is 13.1 Å². The monoisotopic (exact) mass is 334 g/mol. The molecule has 126 valence electrons. The van der Waals surface area contributed by atoms with Crippen molar-refractivity contribution in [1.29, 1.82) is 0 Å². The molecular formula is C15H34O4Si2. The molecule has 1 rings (SSSR count). The summed E-state index contributed by atoms with van der Waals surface area (Å²) in [6, 6.07) is 0.883. The van der Waals surface area contributed by atoms with Crippen molar-refractivity contribution in [2.75, 3.05) is 26.4 Å². The van der Waals surface area contributed by atoms with Crippen LogP contribution in [0.25, 0.3) is 0 Å². The largest absolute Gasteiger partial charge is 0.501 e. The molecule has 1 unspecified atom stereocenters. The van der Waals surface area contributed by atoms with Gasteiger partial charge in [0.25, 0.3) is 0 Å². The second kappa shape index (κ2) is 9.42. The predicted octanol–water partition coefficient (Wildman–Crippen LogP) is 3.39. The fraction of sp³-hybridized carbons (Fsp3) is 1.00. The highest BCUT2D eigenvalue weighted by molar-refractivity contribution is 6.62. The summed E-state index contributed by atoms with van der Waals surface area (Å²) in [6.07, 6.45) is 4.72. The summed E-state index contributed by atoms with van der Waals surface area (Å²) >= 11 is 0. The standard InChI is InChI=1S/C15H34O4Si2/c1-6-17-21(18-7-2,19-8-3)14-12-15(20(4)5)11-9-10-13-16-15/h20H,6-14H2,1-5H3. The lowest BCUT2D eigenvalue weighted by atomic mass is 10.1. The zero-order valence-corrected chi connectivity index (χ0v) is 16.7. The maximum Gasteiger partial charge on any atom is 0.501 e. The molecule has 0 amide bonds. The molecule has 0 aromatic rings. The molecule has 0 aliphatic carbocycles. The molecule has 1 aliphatic rings. The first-order valence-corrected chi connectivity index (χ1v) is 13.4. The first kappa shape index (κ1) is 19.3. The molecule has 0 radical (unpaired) electrons. The second-order valence-corrected chi connectivity index (χ2v) is 12.1. The average molecular weight is 335 g/mol. The van der Waals surface area contributed by atoms with Crippen molar-refractivity contribution in [1.82, 2.24) is 0 Å². The van der Waals surface area contributed by atoms with Crippen LogP contribution in [0.2, 0.25) is 19.1 Å². The van der Waals surface area contributed by atoms with Crippen LogP contribution < -0.4 is 0 Å². The van der Waals surface area contributed by atoms with E-state index in [1.165, 1.54) is 19.3 Å². The van der Waals surface area contributed by atoms with Gasteiger partial charge in [-0.3, -0.25) is 0 Å². The van der Waals surface area contributed by atoms with Crippen molar-refractivity contribution < 1.29 is 18.0 Å². The van der Waals surface area contributed by atoms with Gasteiger partial charge in [-0.15, -0.1) is 0 Å². The van der Waals surface area contributed by atoms with Crippen molar-refractivity contribution in [3.63, 3.8) is 0 Å². The van der Waals surface area contributed by atoms with Crippen LogP contribution in [0.4, 0.5) is 0 Å². The van der Waals surface area contributed by atoms with E-state index in [4.69, 9.17) is 18.0 Å². The van der Waals surface area contributed by atoms with E-state index in [0.29, 0.717) is 19.8 Å². The minimum atomic E-state index is -2.53. The Morgan fingerprint density at radius 3 is 1.95 bits per heavy atom. The Balaban J connectivity index is 2.76. The molecule has 0 aromatic carbocycles. The number of ether oxygens (including phenoxy) is 1. The lowest BCUT2D eigenvalue weighted by Gasteiger charge is -2.42. The Kier molecular flexibility index (Phi) is 8.67. The summed E-state index contributed by atoms with van der Waals surface area (Å²) in [5.41, 5.74) is 0. The van der Waals surface area contributed by atoms with E-state index in [1.807, 2.05) is 20.8 Å². The van der Waals surface area contributed by atoms with Gasteiger partial charge in [0.1, 0.15) is 0 Å². The van der Waals surface area contributed by atoms with Crippen LogP contribution in [0.15, 0.2) is 0 Å². The smallest absolute Gasteiger partial charge is 0.379 e. The number of rotatable bonds is 10. The van der Waals surface area contributed by atoms with E-state index in [1.54, 1.807) is 0 Å². The SMILES string of the molecule is CCO[Si](CCC1([SiH](C)C)CCCCO1)(OCC)OCC. The molecule has 0 bridgehead atoms. The normalized spacial score (nSPS) is 23.7. The predicted molar refractivity (Wildman–Crippen MR) is 91.5 cm³/mol. The zero-order valence-electron chi connectivity index (χ0n) is 14.6. The molecule has 1 fully saturated rings. The molecule has 1 atom stereocenters. The van der Waals surface area contributed by atoms with Crippen LogP contribution in [0.3, 0.4) is 0 Å². The lowest BCUT2D eigenvalue weighted by Crippen LogP contribution is -2.52. The van der Waals surface area contributed by atoms with E-state index in [2.05, 4.69) is 13.1 Å². The molecule has 4 nitrogen and oxygen atoms in total. The van der Waals surface area contributed by atoms with Crippen molar-refractivity contribution in [2.24, 2.45) is 0 Å². The first-order valence-electron chi connectivity index (χ1n) is 8.60. The lowest BCUT2D eigenvalue weighted by molar-refractivity contribution is -0.0293. The Labute approximate surface area is 133 Å². The molecular weight excluding hydrogens is 300 g/mol. The third-order valence-corrected chi connectivity index (χ3v) is 10.3. The number of hydrogen-bond acceptors (Lipinski definition) is 4. The first-order chi connectivity index (χ1) is 10.0. The highest BCUT2D eigenvalue weighted by Crippen LogP contribution is 2.35. The third-order valence-electron chi connectivity index (χ3n) is 4.38. The Hall–Kier alpha value is 0.274. The van der Waals surface area contributed by atoms with Crippen molar-refractivity contribution in [2.45, 2.75) is 70.8 Å². The molecule has 0 N–H and O–H groups in total. The summed E-state index contributed by atoms with van der Waals surface area (Å²) in [5.74, 6) is 0. The quantitative estimate of drug-likeness (QED) is 0.574. The van der Waals surface area contributed by atoms with Crippen molar-refractivity contribution >= 4 is 17.6 Å². The van der Waals surface area contributed by atoms with Crippen LogP contribution >= 0.6 is 0 Å². The zero-order chi connectivity index (χ0) is 15.8. The van der Waals surface area contributed by atoms with Crippen LogP contribution in [-0.2, 0) is 18.0 Å². The van der Waals surface area contributed by atoms with Crippen LogP contribution in [0.1, 0.15) is 46.5 Å². The topological polar surface area (TPSA) is 36.9 Å². The minimum absolute atomic E-state index is 0.113. The van der Waals surface area contributed by atoms with Crippen LogP contribution in [0, 0.1) is 0 Å². The summed E-state index contributed by atoms with van der Waals surface area (Å²) in [5, 5.41) is 0.113. The minimum Gasteiger partial charge on any atom is -0.379 e. The van der Waals surface area contributed by atoms with E-state index >= 15 is 0 Å². The Bertz CT molecular complexity index is 264. The summed E-state index contributed by atoms with van der Waals surface area (Å²) < 4.78 is 24.2. The van der Waals surface area contributed by atoms with Gasteiger partial charge >= 0.3 is 8.80 Å². The maximum absolute atomic E-state index is 6.27. The van der Waals surface area contributed by atoms with Gasteiger partial charge in [-0.25, -0.2) is 0 Å². The van der Waals surface area contributed by atoms with Gasteiger partial charge < -0.3 is 18.0 Å². The molecule has 0 aromatic heterocycles. The van der Waals surface area contributed by atoms with Crippen molar-refractivity contribution in [3.05, 3.63) is 0 Å². The number of hydrogen-bond donors (Lipinski definition) is 0. The van der Waals surface area contributed by atoms with Crippen LogP contribution in [0.5, 0.6) is 0 Å². The van der Waals surface area contributed by atoms with Gasteiger partial charge in [-0.05, 0) is 46.5 Å². The summed E-state index contributed by atoms with van der Waals surface area (Å²) in [6.45, 7) is 13.7. The average Bonchev–Trinajstić information content (AvgIpc) is 2.47. The van der Waals surface area contributed by atoms with E-state index in [-0.39, 0.29) is 5.22 Å². The van der Waals surface area contributed by atoms with E-state index in [9.17, 15) is 0 Å². The van der Waals surface area contributed by atoms with Gasteiger partial charge in [-0.2, -0.15) is 0 Å². The highest BCUT2D eigenvalue weighted by atomic mass is 28.4. The fourth-order valence-corrected chi connectivity index (χ4v) is 8.16.